The van der Waals surface area contributed by atoms with Crippen LogP contribution in [-0.2, 0) is 9.53 Å². The van der Waals surface area contributed by atoms with Crippen LogP contribution in [0.1, 0.15) is 40.0 Å². The van der Waals surface area contributed by atoms with E-state index >= 15 is 0 Å². The standard InChI is InChI=1S/C13H22O3/c1-10(2)6-5-7-11(3)8-9-12(16-4)13(14)15/h6,8,12H,5,7,9H2,1-4H3,(H,14,15). The Morgan fingerprint density at radius 3 is 2.38 bits per heavy atom. The molecule has 1 N–H and O–H groups in total. The largest absolute Gasteiger partial charge is 0.479 e. The second-order valence-corrected chi connectivity index (χ2v) is 4.17. The molecular weight excluding hydrogens is 204 g/mol. The summed E-state index contributed by atoms with van der Waals surface area (Å²) in [6.07, 6.45) is 5.82. The highest BCUT2D eigenvalue weighted by molar-refractivity contribution is 5.72. The van der Waals surface area contributed by atoms with Crippen LogP contribution < -0.4 is 0 Å². The Balaban J connectivity index is 4.03. The summed E-state index contributed by atoms with van der Waals surface area (Å²) in [5, 5.41) is 8.77. The molecule has 3 nitrogen and oxygen atoms in total. The molecule has 0 bridgehead atoms. The van der Waals surface area contributed by atoms with Gasteiger partial charge in [-0.25, -0.2) is 4.79 Å². The minimum Gasteiger partial charge on any atom is -0.479 e. The third kappa shape index (κ3) is 7.23. The molecule has 0 aliphatic carbocycles. The molecule has 0 saturated carbocycles. The highest BCUT2D eigenvalue weighted by Crippen LogP contribution is 2.09. The van der Waals surface area contributed by atoms with Gasteiger partial charge in [0.1, 0.15) is 0 Å². The van der Waals surface area contributed by atoms with Crippen molar-refractivity contribution in [2.75, 3.05) is 7.11 Å². The molecule has 0 fully saturated rings. The van der Waals surface area contributed by atoms with Gasteiger partial charge in [0.25, 0.3) is 0 Å². The summed E-state index contributed by atoms with van der Waals surface area (Å²) < 4.78 is 4.85. The first kappa shape index (κ1) is 14.9. The van der Waals surface area contributed by atoms with Crippen LogP contribution >= 0.6 is 0 Å². The van der Waals surface area contributed by atoms with Gasteiger partial charge in [-0.3, -0.25) is 0 Å². The first-order chi connectivity index (χ1) is 7.47. The van der Waals surface area contributed by atoms with Crippen LogP contribution in [0.3, 0.4) is 0 Å². The summed E-state index contributed by atoms with van der Waals surface area (Å²) in [4.78, 5) is 10.7. The number of carboxylic acid groups (broad SMARTS) is 1. The molecule has 0 aliphatic heterocycles. The van der Waals surface area contributed by atoms with E-state index in [4.69, 9.17) is 9.84 Å². The minimum absolute atomic E-state index is 0.437. The second-order valence-electron chi connectivity index (χ2n) is 4.17. The molecule has 0 rings (SSSR count). The number of ether oxygens (including phenoxy) is 1. The third-order valence-electron chi connectivity index (χ3n) is 2.33. The molecule has 0 spiro atoms. The maximum Gasteiger partial charge on any atom is 0.333 e. The van der Waals surface area contributed by atoms with Gasteiger partial charge in [-0.05, 0) is 33.6 Å². The molecule has 0 heterocycles. The lowest BCUT2D eigenvalue weighted by molar-refractivity contribution is -0.148. The molecule has 16 heavy (non-hydrogen) atoms. The van der Waals surface area contributed by atoms with Crippen LogP contribution in [0, 0.1) is 0 Å². The van der Waals surface area contributed by atoms with E-state index in [1.807, 2.05) is 13.0 Å². The van der Waals surface area contributed by atoms with Gasteiger partial charge in [0.15, 0.2) is 6.10 Å². The molecule has 0 radical (unpaired) electrons. The fourth-order valence-electron chi connectivity index (χ4n) is 1.30. The van der Waals surface area contributed by atoms with Gasteiger partial charge >= 0.3 is 5.97 Å². The van der Waals surface area contributed by atoms with Crippen molar-refractivity contribution in [2.24, 2.45) is 0 Å². The van der Waals surface area contributed by atoms with Gasteiger partial charge < -0.3 is 9.84 Å². The first-order valence-electron chi connectivity index (χ1n) is 5.52. The van der Waals surface area contributed by atoms with Crippen molar-refractivity contribution in [3.05, 3.63) is 23.3 Å². The summed E-state index contributed by atoms with van der Waals surface area (Å²) in [7, 11) is 1.42. The van der Waals surface area contributed by atoms with E-state index in [0.29, 0.717) is 6.42 Å². The Bertz CT molecular complexity index is 273. The smallest absolute Gasteiger partial charge is 0.333 e. The highest BCUT2D eigenvalue weighted by atomic mass is 16.5. The van der Waals surface area contributed by atoms with Gasteiger partial charge in [0, 0.05) is 13.5 Å². The molecule has 0 aromatic rings. The Hall–Kier alpha value is -1.09. The predicted molar refractivity (Wildman–Crippen MR) is 65.5 cm³/mol. The van der Waals surface area contributed by atoms with Crippen LogP contribution in [0.25, 0.3) is 0 Å². The Kier molecular flexibility index (Phi) is 7.56. The van der Waals surface area contributed by atoms with Crippen molar-refractivity contribution in [3.63, 3.8) is 0 Å². The van der Waals surface area contributed by atoms with Crippen molar-refractivity contribution >= 4 is 5.97 Å². The average Bonchev–Trinajstić information content (AvgIpc) is 2.17. The fourth-order valence-corrected chi connectivity index (χ4v) is 1.30. The Morgan fingerprint density at radius 1 is 1.31 bits per heavy atom. The van der Waals surface area contributed by atoms with Crippen LogP contribution in [0.4, 0.5) is 0 Å². The van der Waals surface area contributed by atoms with Crippen LogP contribution in [0.15, 0.2) is 23.3 Å². The zero-order valence-electron chi connectivity index (χ0n) is 10.6. The lowest BCUT2D eigenvalue weighted by Crippen LogP contribution is -2.21. The molecule has 0 aliphatic rings. The molecule has 92 valence electrons. The highest BCUT2D eigenvalue weighted by Gasteiger charge is 2.13. The van der Waals surface area contributed by atoms with Gasteiger partial charge in [0.2, 0.25) is 0 Å². The number of carboxylic acids is 1. The topological polar surface area (TPSA) is 46.5 Å². The van der Waals surface area contributed by atoms with Gasteiger partial charge in [0.05, 0.1) is 0 Å². The lowest BCUT2D eigenvalue weighted by Gasteiger charge is -2.07. The number of hydrogen-bond donors (Lipinski definition) is 1. The monoisotopic (exact) mass is 226 g/mol. The lowest BCUT2D eigenvalue weighted by atomic mass is 10.1. The van der Waals surface area contributed by atoms with E-state index in [-0.39, 0.29) is 0 Å². The quantitative estimate of drug-likeness (QED) is 0.678. The van der Waals surface area contributed by atoms with Crippen LogP contribution in [-0.4, -0.2) is 24.3 Å². The van der Waals surface area contributed by atoms with Crippen molar-refractivity contribution in [1.82, 2.24) is 0 Å². The van der Waals surface area contributed by atoms with Crippen molar-refractivity contribution in [3.8, 4) is 0 Å². The fraction of sp³-hybridized carbons (Fsp3) is 0.615. The number of methoxy groups -OCH3 is 1. The number of aliphatic carboxylic acids is 1. The van der Waals surface area contributed by atoms with E-state index in [0.717, 1.165) is 12.8 Å². The molecule has 1 unspecified atom stereocenters. The molecule has 3 heteroatoms. The van der Waals surface area contributed by atoms with Gasteiger partial charge in [-0.2, -0.15) is 0 Å². The van der Waals surface area contributed by atoms with Crippen molar-refractivity contribution in [2.45, 2.75) is 46.1 Å². The minimum atomic E-state index is -0.907. The molecule has 1 atom stereocenters. The Labute approximate surface area is 97.8 Å². The van der Waals surface area contributed by atoms with Gasteiger partial charge in [-0.1, -0.05) is 23.3 Å². The second kappa shape index (κ2) is 8.11. The summed E-state index contributed by atoms with van der Waals surface area (Å²) in [6.45, 7) is 6.17. The zero-order valence-corrected chi connectivity index (χ0v) is 10.6. The van der Waals surface area contributed by atoms with E-state index in [2.05, 4.69) is 19.9 Å². The first-order valence-corrected chi connectivity index (χ1v) is 5.52. The number of allylic oxidation sites excluding steroid dienone is 3. The van der Waals surface area contributed by atoms with E-state index in [9.17, 15) is 4.79 Å². The summed E-state index contributed by atoms with van der Waals surface area (Å²) in [6, 6.07) is 0. The number of carbonyl (C=O) groups is 1. The number of hydrogen-bond acceptors (Lipinski definition) is 2. The molecule has 0 saturated heterocycles. The summed E-state index contributed by atoms with van der Waals surface area (Å²) >= 11 is 0. The molecule has 0 aromatic carbocycles. The third-order valence-corrected chi connectivity index (χ3v) is 2.33. The maximum atomic E-state index is 10.7. The average molecular weight is 226 g/mol. The van der Waals surface area contributed by atoms with Crippen molar-refractivity contribution in [1.29, 1.82) is 0 Å². The van der Waals surface area contributed by atoms with E-state index in [1.165, 1.54) is 18.3 Å². The van der Waals surface area contributed by atoms with Crippen LogP contribution in [0.5, 0.6) is 0 Å². The zero-order chi connectivity index (χ0) is 12.6. The summed E-state index contributed by atoms with van der Waals surface area (Å²) in [5.74, 6) is -0.907. The maximum absolute atomic E-state index is 10.7. The van der Waals surface area contributed by atoms with Gasteiger partial charge in [-0.15, -0.1) is 0 Å². The van der Waals surface area contributed by atoms with Crippen molar-refractivity contribution < 1.29 is 14.6 Å². The molecule has 0 aromatic heterocycles. The van der Waals surface area contributed by atoms with E-state index in [1.54, 1.807) is 0 Å². The molecule has 0 amide bonds. The predicted octanol–water partition coefficient (Wildman–Crippen LogP) is 3.17. The summed E-state index contributed by atoms with van der Waals surface area (Å²) in [5.41, 5.74) is 2.52. The van der Waals surface area contributed by atoms with E-state index < -0.39 is 12.1 Å². The normalized spacial score (nSPS) is 13.4. The number of rotatable bonds is 7. The Morgan fingerprint density at radius 2 is 1.94 bits per heavy atom. The SMILES string of the molecule is COC(CC=C(C)CCC=C(C)C)C(=O)O. The van der Waals surface area contributed by atoms with Crippen LogP contribution in [0.2, 0.25) is 0 Å². The molecular formula is C13H22O3.